The van der Waals surface area contributed by atoms with E-state index in [0.717, 1.165) is 23.6 Å². The van der Waals surface area contributed by atoms with Crippen molar-refractivity contribution in [3.8, 4) is 0 Å². The summed E-state index contributed by atoms with van der Waals surface area (Å²) in [6.07, 6.45) is 4.37. The number of carbonyl (C=O) groups is 1. The number of hydrogen-bond donors (Lipinski definition) is 3. The number of halogens is 1. The van der Waals surface area contributed by atoms with Crippen LogP contribution in [0.5, 0.6) is 0 Å². The molecule has 2 aromatic carbocycles. The Labute approximate surface area is 163 Å². The second-order valence-electron chi connectivity index (χ2n) is 6.13. The third kappa shape index (κ3) is 5.24. The zero-order valence-corrected chi connectivity index (χ0v) is 15.8. The lowest BCUT2D eigenvalue weighted by atomic mass is 10.2. The molecule has 1 heterocycles. The first-order valence-corrected chi connectivity index (χ1v) is 9.10. The van der Waals surface area contributed by atoms with Gasteiger partial charge in [0.2, 0.25) is 0 Å². The summed E-state index contributed by atoms with van der Waals surface area (Å²) in [5.41, 5.74) is 8.34. The van der Waals surface area contributed by atoms with E-state index < -0.39 is 0 Å². The molecule has 3 rings (SSSR count). The summed E-state index contributed by atoms with van der Waals surface area (Å²) >= 11 is 6.07. The standard InChI is InChI=1S/C20H22ClN5O/c1-15-17(21)8-5-9-18(15)24-25-20(27)23-11-10-19-22-12-13-26(19)14-16-6-3-2-4-7-16/h2-9,12-13,24H,10-11,14H2,1H3,(H2,23,25,27). The van der Waals surface area contributed by atoms with Gasteiger partial charge in [-0.1, -0.05) is 48.0 Å². The Balaban J connectivity index is 1.45. The smallest absolute Gasteiger partial charge is 0.333 e. The number of amides is 2. The van der Waals surface area contributed by atoms with Crippen LogP contribution < -0.4 is 16.2 Å². The van der Waals surface area contributed by atoms with Crippen molar-refractivity contribution >= 4 is 23.3 Å². The van der Waals surface area contributed by atoms with Crippen LogP contribution >= 0.6 is 11.6 Å². The van der Waals surface area contributed by atoms with Crippen LogP contribution in [0.1, 0.15) is 17.0 Å². The first kappa shape index (κ1) is 18.8. The normalized spacial score (nSPS) is 10.4. The zero-order chi connectivity index (χ0) is 19.1. The summed E-state index contributed by atoms with van der Waals surface area (Å²) in [6, 6.07) is 15.4. The molecule has 0 fully saturated rings. The van der Waals surface area contributed by atoms with Gasteiger partial charge in [-0.25, -0.2) is 9.78 Å². The predicted octanol–water partition coefficient (Wildman–Crippen LogP) is 3.76. The van der Waals surface area contributed by atoms with Crippen molar-refractivity contribution in [2.45, 2.75) is 19.9 Å². The molecule has 0 atom stereocenters. The first-order chi connectivity index (χ1) is 13.1. The Morgan fingerprint density at radius 1 is 1.15 bits per heavy atom. The molecule has 3 aromatic rings. The summed E-state index contributed by atoms with van der Waals surface area (Å²) in [6.45, 7) is 3.13. The number of nitrogens with one attached hydrogen (secondary N) is 3. The van der Waals surface area contributed by atoms with E-state index in [2.05, 4.69) is 37.9 Å². The van der Waals surface area contributed by atoms with Crippen molar-refractivity contribution in [1.29, 1.82) is 0 Å². The number of urea groups is 1. The van der Waals surface area contributed by atoms with Gasteiger partial charge in [0.05, 0.1) is 5.69 Å². The third-order valence-corrected chi connectivity index (χ3v) is 4.62. The van der Waals surface area contributed by atoms with Gasteiger partial charge in [0.15, 0.2) is 0 Å². The minimum Gasteiger partial charge on any atom is -0.336 e. The summed E-state index contributed by atoms with van der Waals surface area (Å²) in [4.78, 5) is 16.4. The molecule has 0 bridgehead atoms. The highest BCUT2D eigenvalue weighted by atomic mass is 35.5. The minimum absolute atomic E-state index is 0.310. The average molecular weight is 384 g/mol. The number of hydrazine groups is 1. The second-order valence-corrected chi connectivity index (χ2v) is 6.53. The fraction of sp³-hybridized carbons (Fsp3) is 0.200. The highest BCUT2D eigenvalue weighted by Crippen LogP contribution is 2.22. The second kappa shape index (κ2) is 9.09. The fourth-order valence-electron chi connectivity index (χ4n) is 2.69. The highest BCUT2D eigenvalue weighted by Gasteiger charge is 2.06. The van der Waals surface area contributed by atoms with Crippen LogP contribution in [0.2, 0.25) is 5.02 Å². The maximum atomic E-state index is 12.0. The van der Waals surface area contributed by atoms with Gasteiger partial charge in [0.25, 0.3) is 0 Å². The third-order valence-electron chi connectivity index (χ3n) is 4.21. The van der Waals surface area contributed by atoms with Gasteiger partial charge in [-0.2, -0.15) is 0 Å². The Hall–Kier alpha value is -2.99. The van der Waals surface area contributed by atoms with Crippen LogP contribution in [0, 0.1) is 6.92 Å². The minimum atomic E-state index is -0.310. The van der Waals surface area contributed by atoms with Gasteiger partial charge in [0, 0.05) is 36.9 Å². The molecule has 0 radical (unpaired) electrons. The lowest BCUT2D eigenvalue weighted by Gasteiger charge is -2.13. The Morgan fingerprint density at radius 2 is 1.96 bits per heavy atom. The van der Waals surface area contributed by atoms with E-state index in [4.69, 9.17) is 11.6 Å². The van der Waals surface area contributed by atoms with E-state index in [1.807, 2.05) is 43.5 Å². The first-order valence-electron chi connectivity index (χ1n) is 8.72. The SMILES string of the molecule is Cc1c(Cl)cccc1NNC(=O)NCCc1nccn1Cc1ccccc1. The van der Waals surface area contributed by atoms with Crippen LogP contribution in [-0.2, 0) is 13.0 Å². The van der Waals surface area contributed by atoms with Gasteiger partial charge >= 0.3 is 6.03 Å². The molecule has 2 amide bonds. The molecule has 140 valence electrons. The predicted molar refractivity (Wildman–Crippen MR) is 108 cm³/mol. The summed E-state index contributed by atoms with van der Waals surface area (Å²) < 4.78 is 2.09. The molecule has 3 N–H and O–H groups in total. The molecule has 0 aliphatic rings. The molecule has 6 nitrogen and oxygen atoms in total. The van der Waals surface area contributed by atoms with Gasteiger partial charge in [-0.05, 0) is 30.2 Å². The molecule has 0 aliphatic heterocycles. The molecule has 0 spiro atoms. The van der Waals surface area contributed by atoms with Crippen molar-refractivity contribution in [3.05, 3.63) is 82.9 Å². The molecule has 0 saturated heterocycles. The Kier molecular flexibility index (Phi) is 6.33. The Morgan fingerprint density at radius 3 is 2.78 bits per heavy atom. The van der Waals surface area contributed by atoms with E-state index in [1.165, 1.54) is 5.56 Å². The van der Waals surface area contributed by atoms with Crippen molar-refractivity contribution in [2.24, 2.45) is 0 Å². The number of aromatic nitrogens is 2. The number of carbonyl (C=O) groups excluding carboxylic acids is 1. The number of benzene rings is 2. The topological polar surface area (TPSA) is 71.0 Å². The summed E-state index contributed by atoms with van der Waals surface area (Å²) in [5, 5.41) is 3.46. The number of anilines is 1. The quantitative estimate of drug-likeness (QED) is 0.544. The zero-order valence-electron chi connectivity index (χ0n) is 15.1. The molecule has 27 heavy (non-hydrogen) atoms. The fourth-order valence-corrected chi connectivity index (χ4v) is 2.87. The highest BCUT2D eigenvalue weighted by molar-refractivity contribution is 6.31. The van der Waals surface area contributed by atoms with E-state index in [-0.39, 0.29) is 6.03 Å². The van der Waals surface area contributed by atoms with Crippen molar-refractivity contribution in [1.82, 2.24) is 20.3 Å². The van der Waals surface area contributed by atoms with Crippen molar-refractivity contribution in [2.75, 3.05) is 12.0 Å². The number of rotatable bonds is 7. The van der Waals surface area contributed by atoms with Crippen LogP contribution in [0.15, 0.2) is 60.9 Å². The lowest BCUT2D eigenvalue weighted by molar-refractivity contribution is 0.243. The van der Waals surface area contributed by atoms with E-state index in [9.17, 15) is 4.79 Å². The number of nitrogens with zero attached hydrogens (tertiary/aromatic N) is 2. The maximum Gasteiger partial charge on any atom is 0.333 e. The largest absolute Gasteiger partial charge is 0.336 e. The summed E-state index contributed by atoms with van der Waals surface area (Å²) in [5.74, 6) is 0.929. The average Bonchev–Trinajstić information content (AvgIpc) is 3.11. The molecule has 0 unspecified atom stereocenters. The molecular formula is C20H22ClN5O. The van der Waals surface area contributed by atoms with E-state index in [0.29, 0.717) is 18.0 Å². The monoisotopic (exact) mass is 383 g/mol. The van der Waals surface area contributed by atoms with Crippen LogP contribution in [-0.4, -0.2) is 22.1 Å². The Bertz CT molecular complexity index is 894. The van der Waals surface area contributed by atoms with Crippen LogP contribution in [0.3, 0.4) is 0 Å². The van der Waals surface area contributed by atoms with Crippen molar-refractivity contribution in [3.63, 3.8) is 0 Å². The molecule has 0 saturated carbocycles. The van der Waals surface area contributed by atoms with Crippen LogP contribution in [0.4, 0.5) is 10.5 Å². The molecule has 7 heteroatoms. The lowest BCUT2D eigenvalue weighted by Crippen LogP contribution is -2.40. The van der Waals surface area contributed by atoms with E-state index >= 15 is 0 Å². The summed E-state index contributed by atoms with van der Waals surface area (Å²) in [7, 11) is 0. The van der Waals surface area contributed by atoms with Crippen LogP contribution in [0.25, 0.3) is 0 Å². The van der Waals surface area contributed by atoms with Gasteiger partial charge in [-0.15, -0.1) is 0 Å². The molecule has 0 aliphatic carbocycles. The number of imidazole rings is 1. The molecular weight excluding hydrogens is 362 g/mol. The van der Waals surface area contributed by atoms with Gasteiger partial charge < -0.3 is 9.88 Å². The molecule has 1 aromatic heterocycles. The van der Waals surface area contributed by atoms with Gasteiger partial charge in [-0.3, -0.25) is 10.9 Å². The maximum absolute atomic E-state index is 12.0. The number of hydrogen-bond acceptors (Lipinski definition) is 3. The van der Waals surface area contributed by atoms with Gasteiger partial charge in [0.1, 0.15) is 5.82 Å². The van der Waals surface area contributed by atoms with E-state index in [1.54, 1.807) is 12.3 Å². The van der Waals surface area contributed by atoms with Crippen molar-refractivity contribution < 1.29 is 4.79 Å².